The van der Waals surface area contributed by atoms with E-state index in [1.54, 1.807) is 54.6 Å². The average molecular weight is 412 g/mol. The van der Waals surface area contributed by atoms with E-state index in [1.165, 1.54) is 0 Å². The minimum atomic E-state index is -0.526. The van der Waals surface area contributed by atoms with Crippen LogP contribution in [0.25, 0.3) is 0 Å². The molecule has 0 saturated carbocycles. The molecule has 0 spiro atoms. The predicted octanol–water partition coefficient (Wildman–Crippen LogP) is 3.40. The summed E-state index contributed by atoms with van der Waals surface area (Å²) in [4.78, 5) is 33.3. The van der Waals surface area contributed by atoms with E-state index in [9.17, 15) is 9.59 Å². The second-order valence-electron chi connectivity index (χ2n) is 8.01. The number of carbonyl (C=O) groups excluding carboxylic acids is 2. The van der Waals surface area contributed by atoms with Crippen LogP contribution in [0.4, 0.5) is 16.3 Å². The number of hydrogen-bond donors (Lipinski definition) is 1. The van der Waals surface area contributed by atoms with Gasteiger partial charge in [-0.3, -0.25) is 4.79 Å². The summed E-state index contributed by atoms with van der Waals surface area (Å²) in [5, 5.41) is 2.90. The molecular weight excluding hydrogens is 384 g/mol. The third-order valence-electron chi connectivity index (χ3n) is 4.61. The number of methoxy groups -OCH3 is 1. The number of carbonyl (C=O) groups is 2. The molecule has 1 aromatic heterocycles. The van der Waals surface area contributed by atoms with Crippen LogP contribution in [-0.2, 0) is 4.74 Å². The van der Waals surface area contributed by atoms with E-state index in [1.807, 2.05) is 25.7 Å². The van der Waals surface area contributed by atoms with E-state index in [-0.39, 0.29) is 12.0 Å². The number of ether oxygens (including phenoxy) is 2. The smallest absolute Gasteiger partial charge is 0.410 e. The van der Waals surface area contributed by atoms with Gasteiger partial charge in [-0.2, -0.15) is 0 Å². The second kappa shape index (κ2) is 9.02. The Kier molecular flexibility index (Phi) is 6.44. The molecule has 1 aliphatic heterocycles. The first-order valence-electron chi connectivity index (χ1n) is 9.90. The lowest BCUT2D eigenvalue weighted by Gasteiger charge is -2.36. The molecule has 0 aliphatic carbocycles. The van der Waals surface area contributed by atoms with Crippen molar-refractivity contribution in [2.75, 3.05) is 43.5 Å². The highest BCUT2D eigenvalue weighted by Crippen LogP contribution is 2.22. The Balaban J connectivity index is 1.66. The summed E-state index contributed by atoms with van der Waals surface area (Å²) in [6.45, 7) is 7.70. The van der Waals surface area contributed by atoms with Crippen molar-refractivity contribution in [3.63, 3.8) is 0 Å². The Morgan fingerprint density at radius 3 is 2.30 bits per heavy atom. The number of amides is 2. The molecule has 2 aromatic rings. The van der Waals surface area contributed by atoms with Gasteiger partial charge in [-0.05, 0) is 57.2 Å². The zero-order valence-electron chi connectivity index (χ0n) is 17.8. The zero-order chi connectivity index (χ0) is 21.7. The lowest BCUT2D eigenvalue weighted by molar-refractivity contribution is 0.0240. The van der Waals surface area contributed by atoms with Crippen LogP contribution in [0, 0.1) is 0 Å². The summed E-state index contributed by atoms with van der Waals surface area (Å²) in [5.41, 5.74) is 0.631. The number of piperazine rings is 1. The maximum atomic E-state index is 12.9. The largest absolute Gasteiger partial charge is 0.497 e. The van der Waals surface area contributed by atoms with Gasteiger partial charge in [0.15, 0.2) is 0 Å². The second-order valence-corrected chi connectivity index (χ2v) is 8.01. The summed E-state index contributed by atoms with van der Waals surface area (Å²) < 4.78 is 10.6. The van der Waals surface area contributed by atoms with Crippen molar-refractivity contribution in [3.05, 3.63) is 48.2 Å². The number of pyridine rings is 1. The van der Waals surface area contributed by atoms with Gasteiger partial charge in [-0.1, -0.05) is 0 Å². The highest BCUT2D eigenvalue weighted by atomic mass is 16.6. The van der Waals surface area contributed by atoms with Crippen LogP contribution >= 0.6 is 0 Å². The fourth-order valence-electron chi connectivity index (χ4n) is 3.13. The zero-order valence-corrected chi connectivity index (χ0v) is 17.8. The molecule has 0 bridgehead atoms. The van der Waals surface area contributed by atoms with E-state index >= 15 is 0 Å². The molecule has 0 atom stereocenters. The number of nitrogens with one attached hydrogen (secondary N) is 1. The van der Waals surface area contributed by atoms with Gasteiger partial charge >= 0.3 is 6.09 Å². The molecule has 2 heterocycles. The van der Waals surface area contributed by atoms with Crippen LogP contribution in [0.5, 0.6) is 5.75 Å². The summed E-state index contributed by atoms with van der Waals surface area (Å²) in [6, 6.07) is 10.6. The monoisotopic (exact) mass is 412 g/mol. The first-order valence-corrected chi connectivity index (χ1v) is 9.90. The van der Waals surface area contributed by atoms with Gasteiger partial charge in [-0.15, -0.1) is 0 Å². The number of hydrogen-bond acceptors (Lipinski definition) is 6. The molecule has 1 fully saturated rings. The minimum absolute atomic E-state index is 0.238. The molecule has 1 aromatic carbocycles. The number of anilines is 2. The first kappa shape index (κ1) is 21.4. The quantitative estimate of drug-likeness (QED) is 0.829. The molecule has 8 heteroatoms. The van der Waals surface area contributed by atoms with Gasteiger partial charge in [0.25, 0.3) is 5.91 Å². The fourth-order valence-corrected chi connectivity index (χ4v) is 3.13. The van der Waals surface area contributed by atoms with Crippen molar-refractivity contribution in [1.82, 2.24) is 9.88 Å². The number of benzene rings is 1. The van der Waals surface area contributed by atoms with Crippen LogP contribution in [0.1, 0.15) is 31.1 Å². The van der Waals surface area contributed by atoms with Gasteiger partial charge in [0.05, 0.1) is 12.7 Å². The Morgan fingerprint density at radius 2 is 1.70 bits per heavy atom. The highest BCUT2D eigenvalue weighted by Gasteiger charge is 2.28. The number of aromatic nitrogens is 1. The third-order valence-corrected chi connectivity index (χ3v) is 4.61. The van der Waals surface area contributed by atoms with Crippen LogP contribution in [0.3, 0.4) is 0 Å². The summed E-state index contributed by atoms with van der Waals surface area (Å²) in [6.07, 6.45) is 1.35. The van der Waals surface area contributed by atoms with Gasteiger partial charge < -0.3 is 24.6 Å². The van der Waals surface area contributed by atoms with E-state index < -0.39 is 5.60 Å². The Labute approximate surface area is 176 Å². The van der Waals surface area contributed by atoms with Crippen molar-refractivity contribution in [2.24, 2.45) is 0 Å². The Hall–Kier alpha value is -3.29. The third kappa shape index (κ3) is 5.40. The number of rotatable bonds is 4. The molecule has 1 aliphatic rings. The van der Waals surface area contributed by atoms with E-state index in [0.29, 0.717) is 43.2 Å². The molecule has 1 saturated heterocycles. The molecule has 1 N–H and O–H groups in total. The topological polar surface area (TPSA) is 84.0 Å². The van der Waals surface area contributed by atoms with E-state index in [4.69, 9.17) is 9.47 Å². The maximum Gasteiger partial charge on any atom is 0.410 e. The number of nitrogens with zero attached hydrogens (tertiary/aromatic N) is 3. The van der Waals surface area contributed by atoms with Crippen LogP contribution in [0.2, 0.25) is 0 Å². The molecular formula is C22H28N4O4. The molecule has 0 radical (unpaired) electrons. The SMILES string of the molecule is COc1ccc(NC(=O)c2cccnc2N2CCN(C(=O)OC(C)(C)C)CC2)cc1. The van der Waals surface area contributed by atoms with E-state index in [2.05, 4.69) is 10.3 Å². The normalized spacial score (nSPS) is 14.3. The molecule has 0 unspecified atom stereocenters. The minimum Gasteiger partial charge on any atom is -0.497 e. The summed E-state index contributed by atoms with van der Waals surface area (Å²) in [5.74, 6) is 1.09. The van der Waals surface area contributed by atoms with Crippen LogP contribution in [0.15, 0.2) is 42.6 Å². The average Bonchev–Trinajstić information content (AvgIpc) is 2.73. The van der Waals surface area contributed by atoms with E-state index in [0.717, 1.165) is 5.75 Å². The van der Waals surface area contributed by atoms with Crippen molar-refractivity contribution in [1.29, 1.82) is 0 Å². The summed E-state index contributed by atoms with van der Waals surface area (Å²) >= 11 is 0. The Bertz CT molecular complexity index is 885. The van der Waals surface area contributed by atoms with Crippen molar-refractivity contribution < 1.29 is 19.1 Å². The van der Waals surface area contributed by atoms with Crippen molar-refractivity contribution >= 4 is 23.5 Å². The maximum absolute atomic E-state index is 12.9. The van der Waals surface area contributed by atoms with Crippen LogP contribution in [-0.4, -0.2) is 60.8 Å². The lowest BCUT2D eigenvalue weighted by Crippen LogP contribution is -2.50. The molecule has 2 amide bonds. The predicted molar refractivity (Wildman–Crippen MR) is 115 cm³/mol. The molecule has 8 nitrogen and oxygen atoms in total. The van der Waals surface area contributed by atoms with Gasteiger partial charge in [0, 0.05) is 38.1 Å². The molecule has 30 heavy (non-hydrogen) atoms. The van der Waals surface area contributed by atoms with Gasteiger partial charge in [0.1, 0.15) is 17.2 Å². The fraction of sp³-hybridized carbons (Fsp3) is 0.409. The molecule has 3 rings (SSSR count). The van der Waals surface area contributed by atoms with Gasteiger partial charge in [0.2, 0.25) is 0 Å². The first-order chi connectivity index (χ1) is 14.3. The summed E-state index contributed by atoms with van der Waals surface area (Å²) in [7, 11) is 1.60. The lowest BCUT2D eigenvalue weighted by atomic mass is 10.2. The molecule has 160 valence electrons. The van der Waals surface area contributed by atoms with Crippen molar-refractivity contribution in [2.45, 2.75) is 26.4 Å². The Morgan fingerprint density at radius 1 is 1.03 bits per heavy atom. The highest BCUT2D eigenvalue weighted by molar-refractivity contribution is 6.07. The van der Waals surface area contributed by atoms with Crippen LogP contribution < -0.4 is 15.0 Å². The standard InChI is InChI=1S/C22H28N4O4/c1-22(2,3)30-21(28)26-14-12-25(13-15-26)19-18(6-5-11-23-19)20(27)24-16-7-9-17(29-4)10-8-16/h5-11H,12-15H2,1-4H3,(H,24,27). The van der Waals surface area contributed by atoms with Crippen molar-refractivity contribution in [3.8, 4) is 5.75 Å². The van der Waals surface area contributed by atoms with Gasteiger partial charge in [-0.25, -0.2) is 9.78 Å².